The zero-order chi connectivity index (χ0) is 12.4. The summed E-state index contributed by atoms with van der Waals surface area (Å²) in [5, 5.41) is 3.00. The van der Waals surface area contributed by atoms with Crippen LogP contribution in [0.3, 0.4) is 0 Å². The van der Waals surface area contributed by atoms with E-state index >= 15 is 0 Å². The molecule has 1 atom stereocenters. The van der Waals surface area contributed by atoms with Crippen LogP contribution in [0, 0.1) is 17.8 Å². The Bertz CT molecular complexity index is 314. The van der Waals surface area contributed by atoms with E-state index < -0.39 is 0 Å². The second-order valence-corrected chi connectivity index (χ2v) is 5.82. The van der Waals surface area contributed by atoms with Crippen molar-refractivity contribution in [1.29, 1.82) is 0 Å². The second kappa shape index (κ2) is 5.19. The molecule has 0 spiro atoms. The Labute approximate surface area is 104 Å². The first kappa shape index (κ1) is 12.6. The van der Waals surface area contributed by atoms with Crippen molar-refractivity contribution < 1.29 is 4.79 Å². The molecule has 1 amide bonds. The highest BCUT2D eigenvalue weighted by Gasteiger charge is 2.33. The van der Waals surface area contributed by atoms with Crippen molar-refractivity contribution in [2.24, 2.45) is 22.7 Å². The van der Waals surface area contributed by atoms with Crippen LogP contribution in [-0.4, -0.2) is 17.8 Å². The Morgan fingerprint density at radius 3 is 2.41 bits per heavy atom. The number of carbonyl (C=O) groups is 1. The van der Waals surface area contributed by atoms with Crippen LogP contribution < -0.4 is 5.32 Å². The molecule has 1 N–H and O–H groups in total. The molecular formula is C14H24N2O. The van der Waals surface area contributed by atoms with Gasteiger partial charge in [-0.3, -0.25) is 9.79 Å². The molecular weight excluding hydrogens is 212 g/mol. The summed E-state index contributed by atoms with van der Waals surface area (Å²) in [5.41, 5.74) is 0. The summed E-state index contributed by atoms with van der Waals surface area (Å²) in [6.07, 6.45) is 6.27. The topological polar surface area (TPSA) is 41.5 Å². The summed E-state index contributed by atoms with van der Waals surface area (Å²) in [5.74, 6) is 2.78. The number of hydrogen-bond acceptors (Lipinski definition) is 2. The average molecular weight is 236 g/mol. The third-order valence-electron chi connectivity index (χ3n) is 4.24. The van der Waals surface area contributed by atoms with Crippen molar-refractivity contribution >= 4 is 11.7 Å². The molecule has 17 heavy (non-hydrogen) atoms. The number of amides is 1. The lowest BCUT2D eigenvalue weighted by Gasteiger charge is -2.27. The molecule has 0 aromatic carbocycles. The molecule has 1 saturated carbocycles. The van der Waals surface area contributed by atoms with E-state index in [1.807, 2.05) is 0 Å². The minimum atomic E-state index is -0.145. The lowest BCUT2D eigenvalue weighted by atomic mass is 9.80. The first-order valence-corrected chi connectivity index (χ1v) is 7.00. The maximum absolute atomic E-state index is 11.8. The zero-order valence-corrected chi connectivity index (χ0v) is 11.2. The molecule has 1 heterocycles. The zero-order valence-electron chi connectivity index (χ0n) is 11.2. The lowest BCUT2D eigenvalue weighted by molar-refractivity contribution is -0.120. The smallest absolute Gasteiger partial charge is 0.250 e. The molecule has 3 heteroatoms. The van der Waals surface area contributed by atoms with Crippen molar-refractivity contribution in [1.82, 2.24) is 5.32 Å². The van der Waals surface area contributed by atoms with Crippen LogP contribution >= 0.6 is 0 Å². The minimum absolute atomic E-state index is 0.104. The summed E-state index contributed by atoms with van der Waals surface area (Å²) in [6, 6.07) is -0.145. The molecule has 1 aliphatic carbocycles. The Kier molecular flexibility index (Phi) is 3.85. The predicted molar refractivity (Wildman–Crippen MR) is 69.9 cm³/mol. The van der Waals surface area contributed by atoms with Gasteiger partial charge in [0.1, 0.15) is 11.9 Å². The molecule has 1 unspecified atom stereocenters. The lowest BCUT2D eigenvalue weighted by Crippen LogP contribution is -2.35. The molecule has 0 aromatic heterocycles. The monoisotopic (exact) mass is 236 g/mol. The van der Waals surface area contributed by atoms with Crippen molar-refractivity contribution in [3.8, 4) is 0 Å². The molecule has 1 fully saturated rings. The highest BCUT2D eigenvalue weighted by Crippen LogP contribution is 2.32. The van der Waals surface area contributed by atoms with Gasteiger partial charge >= 0.3 is 0 Å². The van der Waals surface area contributed by atoms with E-state index in [0.29, 0.717) is 11.8 Å². The largest absolute Gasteiger partial charge is 0.312 e. The van der Waals surface area contributed by atoms with E-state index in [2.05, 4.69) is 31.1 Å². The van der Waals surface area contributed by atoms with Crippen LogP contribution in [0.5, 0.6) is 0 Å². The fraction of sp³-hybridized carbons (Fsp3) is 0.857. The molecule has 0 radical (unpaired) electrons. The van der Waals surface area contributed by atoms with E-state index in [-0.39, 0.29) is 11.9 Å². The molecule has 0 bridgehead atoms. The van der Waals surface area contributed by atoms with E-state index in [0.717, 1.165) is 11.8 Å². The summed E-state index contributed by atoms with van der Waals surface area (Å²) in [7, 11) is 0. The molecule has 96 valence electrons. The van der Waals surface area contributed by atoms with Crippen LogP contribution in [0.25, 0.3) is 0 Å². The highest BCUT2D eigenvalue weighted by atomic mass is 16.2. The maximum Gasteiger partial charge on any atom is 0.250 e. The number of rotatable bonds is 3. The molecule has 0 saturated heterocycles. The van der Waals surface area contributed by atoms with Gasteiger partial charge in [-0.25, -0.2) is 0 Å². The number of nitrogens with one attached hydrogen (secondary N) is 1. The van der Waals surface area contributed by atoms with E-state index in [1.165, 1.54) is 32.1 Å². The number of aliphatic imine (C=N–C) groups is 1. The first-order valence-electron chi connectivity index (χ1n) is 7.00. The van der Waals surface area contributed by atoms with Gasteiger partial charge in [0.05, 0.1) is 0 Å². The molecule has 3 nitrogen and oxygen atoms in total. The average Bonchev–Trinajstić information content (AvgIpc) is 2.71. The molecule has 1 aliphatic heterocycles. The standard InChI is InChI=1S/C14H24N2O/c1-4-10-5-7-11(8-6-10)13-15-12(9(2)3)14(17)16-13/h9-12H,4-8H2,1-3H3,(H,15,16,17). The van der Waals surface area contributed by atoms with Crippen molar-refractivity contribution in [3.63, 3.8) is 0 Å². The van der Waals surface area contributed by atoms with Crippen LogP contribution in [0.2, 0.25) is 0 Å². The van der Waals surface area contributed by atoms with Crippen molar-refractivity contribution in [3.05, 3.63) is 0 Å². The summed E-state index contributed by atoms with van der Waals surface area (Å²) in [4.78, 5) is 16.4. The molecule has 0 aromatic rings. The number of nitrogens with zero attached hydrogens (tertiary/aromatic N) is 1. The van der Waals surface area contributed by atoms with Crippen molar-refractivity contribution in [2.75, 3.05) is 0 Å². The maximum atomic E-state index is 11.8. The second-order valence-electron chi connectivity index (χ2n) is 5.82. The Morgan fingerprint density at radius 1 is 1.29 bits per heavy atom. The van der Waals surface area contributed by atoms with Gasteiger partial charge in [0.25, 0.3) is 0 Å². The van der Waals surface area contributed by atoms with Gasteiger partial charge in [-0.2, -0.15) is 0 Å². The van der Waals surface area contributed by atoms with Gasteiger partial charge in [-0.15, -0.1) is 0 Å². The van der Waals surface area contributed by atoms with E-state index in [1.54, 1.807) is 0 Å². The van der Waals surface area contributed by atoms with Gasteiger partial charge in [0.15, 0.2) is 0 Å². The fourth-order valence-corrected chi connectivity index (χ4v) is 2.94. The minimum Gasteiger partial charge on any atom is -0.312 e. The Morgan fingerprint density at radius 2 is 1.94 bits per heavy atom. The predicted octanol–water partition coefficient (Wildman–Crippen LogP) is 2.76. The molecule has 2 aliphatic rings. The first-order chi connectivity index (χ1) is 8.11. The summed E-state index contributed by atoms with van der Waals surface area (Å²) in [6.45, 7) is 6.39. The summed E-state index contributed by atoms with van der Waals surface area (Å²) >= 11 is 0. The summed E-state index contributed by atoms with van der Waals surface area (Å²) < 4.78 is 0. The molecule has 2 rings (SSSR count). The van der Waals surface area contributed by atoms with Gasteiger partial charge in [-0.1, -0.05) is 27.2 Å². The highest BCUT2D eigenvalue weighted by molar-refractivity contribution is 6.06. The van der Waals surface area contributed by atoms with Gasteiger partial charge in [-0.05, 0) is 37.5 Å². The van der Waals surface area contributed by atoms with Crippen LogP contribution in [0.1, 0.15) is 52.9 Å². The van der Waals surface area contributed by atoms with Crippen molar-refractivity contribution in [2.45, 2.75) is 58.9 Å². The van der Waals surface area contributed by atoms with Crippen LogP contribution in [-0.2, 0) is 4.79 Å². The van der Waals surface area contributed by atoms with Gasteiger partial charge in [0.2, 0.25) is 5.91 Å². The number of amidine groups is 1. The Balaban J connectivity index is 1.96. The number of hydrogen-bond donors (Lipinski definition) is 1. The quantitative estimate of drug-likeness (QED) is 0.804. The third kappa shape index (κ3) is 2.70. The third-order valence-corrected chi connectivity index (χ3v) is 4.24. The fourth-order valence-electron chi connectivity index (χ4n) is 2.94. The normalized spacial score (nSPS) is 33.8. The van der Waals surface area contributed by atoms with Gasteiger partial charge in [0, 0.05) is 5.92 Å². The van der Waals surface area contributed by atoms with Crippen LogP contribution in [0.4, 0.5) is 0 Å². The van der Waals surface area contributed by atoms with E-state index in [9.17, 15) is 4.79 Å². The van der Waals surface area contributed by atoms with Gasteiger partial charge < -0.3 is 5.32 Å². The SMILES string of the molecule is CCC1CCC(C2=NC(C(C)C)C(=O)N2)CC1. The Hall–Kier alpha value is -0.860. The van der Waals surface area contributed by atoms with E-state index in [4.69, 9.17) is 0 Å². The number of carbonyl (C=O) groups excluding carboxylic acids is 1. The van der Waals surface area contributed by atoms with Crippen LogP contribution in [0.15, 0.2) is 4.99 Å².